The largest absolute Gasteiger partial charge is 0.493 e. The number of aliphatic hydroxyl groups excluding tert-OH is 1. The van der Waals surface area contributed by atoms with Crippen LogP contribution in [0.2, 0.25) is 0 Å². The highest BCUT2D eigenvalue weighted by Gasteiger charge is 2.12. The van der Waals surface area contributed by atoms with E-state index in [1.165, 1.54) is 0 Å². The predicted octanol–water partition coefficient (Wildman–Crippen LogP) is 1.32. The van der Waals surface area contributed by atoms with Gasteiger partial charge in [0.05, 0.1) is 19.8 Å². The van der Waals surface area contributed by atoms with Gasteiger partial charge in [0.15, 0.2) is 11.5 Å². The molecule has 0 heterocycles. The molecular weight excluding hydrogens is 246 g/mol. The van der Waals surface area contributed by atoms with E-state index in [-0.39, 0.29) is 19.3 Å². The van der Waals surface area contributed by atoms with Crippen LogP contribution in [0.3, 0.4) is 0 Å². The minimum absolute atomic E-state index is 0.0838. The molecule has 0 spiro atoms. The van der Waals surface area contributed by atoms with E-state index in [9.17, 15) is 5.11 Å². The van der Waals surface area contributed by atoms with Gasteiger partial charge in [0.25, 0.3) is 0 Å². The Morgan fingerprint density at radius 2 is 2.00 bits per heavy atom. The molecule has 1 rings (SSSR count). The summed E-state index contributed by atoms with van der Waals surface area (Å²) < 4.78 is 16.2. The minimum Gasteiger partial charge on any atom is -0.493 e. The van der Waals surface area contributed by atoms with Crippen LogP contribution in [-0.2, 0) is 11.3 Å². The number of hydrogen-bond acceptors (Lipinski definition) is 5. The lowest BCUT2D eigenvalue weighted by Crippen LogP contribution is -2.25. The molecule has 0 saturated carbocycles. The molecular formula is C14H23NO4. The van der Waals surface area contributed by atoms with Gasteiger partial charge in [-0.2, -0.15) is 0 Å². The van der Waals surface area contributed by atoms with Crippen molar-refractivity contribution in [2.24, 2.45) is 5.73 Å². The number of hydrogen-bond donors (Lipinski definition) is 2. The van der Waals surface area contributed by atoms with Crippen molar-refractivity contribution in [3.63, 3.8) is 0 Å². The molecule has 0 fully saturated rings. The standard InChI is InChI=1S/C14H23NO4/c1-10(2)18-8-12(16)9-19-14-11(7-15)5-4-6-13(14)17-3/h4-6,10,12,16H,7-9,15H2,1-3H3. The summed E-state index contributed by atoms with van der Waals surface area (Å²) in [4.78, 5) is 0. The van der Waals surface area contributed by atoms with Gasteiger partial charge in [0.2, 0.25) is 0 Å². The average molecular weight is 269 g/mol. The summed E-state index contributed by atoms with van der Waals surface area (Å²) in [5, 5.41) is 9.76. The van der Waals surface area contributed by atoms with Crippen LogP contribution in [-0.4, -0.2) is 37.6 Å². The molecule has 1 atom stereocenters. The summed E-state index contributed by atoms with van der Waals surface area (Å²) in [7, 11) is 1.57. The van der Waals surface area contributed by atoms with Gasteiger partial charge in [-0.05, 0) is 19.9 Å². The first-order valence-corrected chi connectivity index (χ1v) is 6.36. The van der Waals surface area contributed by atoms with Crippen molar-refractivity contribution >= 4 is 0 Å². The molecule has 1 aromatic rings. The van der Waals surface area contributed by atoms with E-state index in [4.69, 9.17) is 19.9 Å². The molecule has 0 aliphatic rings. The maximum absolute atomic E-state index is 9.76. The normalized spacial score (nSPS) is 12.5. The van der Waals surface area contributed by atoms with Crippen LogP contribution in [0.25, 0.3) is 0 Å². The van der Waals surface area contributed by atoms with Gasteiger partial charge in [-0.25, -0.2) is 0 Å². The third-order valence-corrected chi connectivity index (χ3v) is 2.54. The number of rotatable bonds is 8. The highest BCUT2D eigenvalue weighted by Crippen LogP contribution is 2.30. The van der Waals surface area contributed by atoms with Gasteiger partial charge in [0, 0.05) is 12.1 Å². The Hall–Kier alpha value is -1.30. The molecule has 0 aliphatic heterocycles. The van der Waals surface area contributed by atoms with E-state index >= 15 is 0 Å². The van der Waals surface area contributed by atoms with E-state index in [2.05, 4.69) is 0 Å². The van der Waals surface area contributed by atoms with Crippen molar-refractivity contribution in [2.75, 3.05) is 20.3 Å². The number of aliphatic hydroxyl groups is 1. The maximum atomic E-state index is 9.76. The highest BCUT2D eigenvalue weighted by molar-refractivity contribution is 5.46. The smallest absolute Gasteiger partial charge is 0.165 e. The second kappa shape index (κ2) is 7.99. The Morgan fingerprint density at radius 3 is 2.58 bits per heavy atom. The molecule has 0 radical (unpaired) electrons. The quantitative estimate of drug-likeness (QED) is 0.744. The van der Waals surface area contributed by atoms with Crippen molar-refractivity contribution in [1.82, 2.24) is 0 Å². The third-order valence-electron chi connectivity index (χ3n) is 2.54. The monoisotopic (exact) mass is 269 g/mol. The lowest BCUT2D eigenvalue weighted by Gasteiger charge is -2.17. The molecule has 0 aromatic heterocycles. The van der Waals surface area contributed by atoms with Crippen molar-refractivity contribution in [3.05, 3.63) is 23.8 Å². The molecule has 5 heteroatoms. The Balaban J connectivity index is 2.61. The van der Waals surface area contributed by atoms with Crippen molar-refractivity contribution in [1.29, 1.82) is 0 Å². The average Bonchev–Trinajstić information content (AvgIpc) is 2.42. The van der Waals surface area contributed by atoms with Gasteiger partial charge >= 0.3 is 0 Å². The third kappa shape index (κ3) is 5.06. The number of benzene rings is 1. The zero-order valence-electron chi connectivity index (χ0n) is 11.8. The fraction of sp³-hybridized carbons (Fsp3) is 0.571. The number of ether oxygens (including phenoxy) is 3. The summed E-state index contributed by atoms with van der Waals surface area (Å²) in [6.45, 7) is 4.57. The highest BCUT2D eigenvalue weighted by atomic mass is 16.5. The zero-order chi connectivity index (χ0) is 14.3. The maximum Gasteiger partial charge on any atom is 0.165 e. The zero-order valence-corrected chi connectivity index (χ0v) is 11.8. The van der Waals surface area contributed by atoms with Crippen LogP contribution < -0.4 is 15.2 Å². The summed E-state index contributed by atoms with van der Waals surface area (Å²) in [5.74, 6) is 1.19. The van der Waals surface area contributed by atoms with Crippen molar-refractivity contribution in [2.45, 2.75) is 32.6 Å². The summed E-state index contributed by atoms with van der Waals surface area (Å²) >= 11 is 0. The van der Waals surface area contributed by atoms with Crippen LogP contribution in [0, 0.1) is 0 Å². The van der Waals surface area contributed by atoms with Crippen LogP contribution in [0.1, 0.15) is 19.4 Å². The molecule has 0 saturated heterocycles. The number of methoxy groups -OCH3 is 1. The van der Waals surface area contributed by atoms with Gasteiger partial charge in [-0.3, -0.25) is 0 Å². The second-order valence-corrected chi connectivity index (χ2v) is 4.50. The lowest BCUT2D eigenvalue weighted by atomic mass is 10.2. The molecule has 0 aliphatic carbocycles. The lowest BCUT2D eigenvalue weighted by molar-refractivity contribution is -0.0127. The van der Waals surface area contributed by atoms with E-state index in [0.29, 0.717) is 18.0 Å². The molecule has 5 nitrogen and oxygen atoms in total. The number of nitrogens with two attached hydrogens (primary N) is 1. The topological polar surface area (TPSA) is 73.9 Å². The Morgan fingerprint density at radius 1 is 1.26 bits per heavy atom. The van der Waals surface area contributed by atoms with Gasteiger partial charge in [-0.1, -0.05) is 12.1 Å². The van der Waals surface area contributed by atoms with E-state index < -0.39 is 6.10 Å². The van der Waals surface area contributed by atoms with Crippen LogP contribution in [0.15, 0.2) is 18.2 Å². The molecule has 1 unspecified atom stereocenters. The van der Waals surface area contributed by atoms with Gasteiger partial charge < -0.3 is 25.1 Å². The van der Waals surface area contributed by atoms with E-state index in [1.807, 2.05) is 26.0 Å². The molecule has 0 bridgehead atoms. The molecule has 3 N–H and O–H groups in total. The molecule has 1 aromatic carbocycles. The van der Waals surface area contributed by atoms with Gasteiger partial charge in [-0.15, -0.1) is 0 Å². The molecule has 19 heavy (non-hydrogen) atoms. The van der Waals surface area contributed by atoms with E-state index in [0.717, 1.165) is 5.56 Å². The second-order valence-electron chi connectivity index (χ2n) is 4.50. The van der Waals surface area contributed by atoms with Gasteiger partial charge in [0.1, 0.15) is 12.7 Å². The summed E-state index contributed by atoms with van der Waals surface area (Å²) in [6, 6.07) is 5.52. The summed E-state index contributed by atoms with van der Waals surface area (Å²) in [5.41, 5.74) is 6.50. The fourth-order valence-electron chi connectivity index (χ4n) is 1.58. The Kier molecular flexibility index (Phi) is 6.62. The van der Waals surface area contributed by atoms with Crippen molar-refractivity contribution < 1.29 is 19.3 Å². The first-order chi connectivity index (χ1) is 9.08. The van der Waals surface area contributed by atoms with Crippen LogP contribution in [0.5, 0.6) is 11.5 Å². The first-order valence-electron chi connectivity index (χ1n) is 6.36. The predicted molar refractivity (Wildman–Crippen MR) is 73.5 cm³/mol. The summed E-state index contributed by atoms with van der Waals surface area (Å²) in [6.07, 6.45) is -0.599. The Labute approximate surface area is 114 Å². The van der Waals surface area contributed by atoms with E-state index in [1.54, 1.807) is 13.2 Å². The number of para-hydroxylation sites is 1. The molecule has 108 valence electrons. The van der Waals surface area contributed by atoms with Crippen LogP contribution >= 0.6 is 0 Å². The van der Waals surface area contributed by atoms with Crippen LogP contribution in [0.4, 0.5) is 0 Å². The Bertz CT molecular complexity index is 359. The fourth-order valence-corrected chi connectivity index (χ4v) is 1.58. The first kappa shape index (κ1) is 15.8. The SMILES string of the molecule is COc1cccc(CN)c1OCC(O)COC(C)C. The molecule has 0 amide bonds. The minimum atomic E-state index is -0.682. The van der Waals surface area contributed by atoms with Crippen molar-refractivity contribution in [3.8, 4) is 11.5 Å².